The number of hydrogen-bond donors (Lipinski definition) is 1. The fourth-order valence-corrected chi connectivity index (χ4v) is 2.41. The van der Waals surface area contributed by atoms with Gasteiger partial charge >= 0.3 is 0 Å². The molecule has 1 fully saturated rings. The molecule has 88 valence electrons. The Morgan fingerprint density at radius 2 is 1.73 bits per heavy atom. The Kier molecular flexibility index (Phi) is 3.71. The summed E-state index contributed by atoms with van der Waals surface area (Å²) in [6.07, 6.45) is 0.509. The van der Waals surface area contributed by atoms with E-state index in [2.05, 4.69) is 12.6 Å². The summed E-state index contributed by atoms with van der Waals surface area (Å²) in [5.41, 5.74) is -0.512. The number of rotatable bonds is 2. The molecule has 0 aliphatic carbocycles. The van der Waals surface area contributed by atoms with E-state index >= 15 is 0 Å². The number of ether oxygens (including phenoxy) is 1. The molecule has 0 unspecified atom stereocenters. The van der Waals surface area contributed by atoms with Crippen molar-refractivity contribution >= 4 is 18.5 Å². The fourth-order valence-electron chi connectivity index (χ4n) is 2.22. The van der Waals surface area contributed by atoms with Gasteiger partial charge in [-0.1, -0.05) is 0 Å². The zero-order valence-corrected chi connectivity index (χ0v) is 10.9. The molecule has 1 aliphatic rings. The third kappa shape index (κ3) is 3.68. The maximum Gasteiger partial charge on any atom is 0.223 e. The average molecular weight is 231 g/mol. The Bertz CT molecular complexity index is 235. The van der Waals surface area contributed by atoms with Gasteiger partial charge in [0, 0.05) is 19.5 Å². The van der Waals surface area contributed by atoms with Crippen LogP contribution in [0.1, 0.15) is 34.1 Å². The number of thiol groups is 1. The molecule has 1 saturated heterocycles. The van der Waals surface area contributed by atoms with Crippen LogP contribution in [0.3, 0.4) is 0 Å². The van der Waals surface area contributed by atoms with Crippen LogP contribution in [-0.4, -0.2) is 40.9 Å². The molecule has 0 spiro atoms. The van der Waals surface area contributed by atoms with E-state index in [1.165, 1.54) is 0 Å². The lowest BCUT2D eigenvalue weighted by atomic mass is 9.99. The summed E-state index contributed by atoms with van der Waals surface area (Å²) in [6.45, 7) is 9.43. The molecule has 0 N–H and O–H groups in total. The van der Waals surface area contributed by atoms with Crippen LogP contribution in [-0.2, 0) is 9.53 Å². The predicted molar refractivity (Wildman–Crippen MR) is 64.3 cm³/mol. The minimum Gasteiger partial charge on any atom is -0.366 e. The highest BCUT2D eigenvalue weighted by molar-refractivity contribution is 7.80. The topological polar surface area (TPSA) is 29.5 Å². The Labute approximate surface area is 97.6 Å². The molecule has 0 radical (unpaired) electrons. The molecule has 15 heavy (non-hydrogen) atoms. The minimum atomic E-state index is -0.256. The van der Waals surface area contributed by atoms with E-state index < -0.39 is 0 Å². The minimum absolute atomic E-state index is 0.175. The standard InChI is InChI=1S/C11H21NO2S/c1-10(2)7-12(9(13)5-6-15)8-11(3,4)14-10/h15H,5-8H2,1-4H3. The quantitative estimate of drug-likeness (QED) is 0.733. The Morgan fingerprint density at radius 3 is 2.13 bits per heavy atom. The highest BCUT2D eigenvalue weighted by Crippen LogP contribution is 2.28. The van der Waals surface area contributed by atoms with E-state index in [4.69, 9.17) is 4.74 Å². The number of carbonyl (C=O) groups excluding carboxylic acids is 1. The lowest BCUT2D eigenvalue weighted by Crippen LogP contribution is -2.58. The largest absolute Gasteiger partial charge is 0.366 e. The van der Waals surface area contributed by atoms with Gasteiger partial charge in [0.25, 0.3) is 0 Å². The average Bonchev–Trinajstić information content (AvgIpc) is 1.98. The summed E-state index contributed by atoms with van der Waals surface area (Å²) >= 11 is 4.09. The van der Waals surface area contributed by atoms with Crippen molar-refractivity contribution in [2.75, 3.05) is 18.8 Å². The van der Waals surface area contributed by atoms with Gasteiger partial charge in [-0.2, -0.15) is 12.6 Å². The van der Waals surface area contributed by atoms with Gasteiger partial charge in [-0.25, -0.2) is 0 Å². The van der Waals surface area contributed by atoms with Crippen molar-refractivity contribution in [1.29, 1.82) is 0 Å². The lowest BCUT2D eigenvalue weighted by molar-refractivity contribution is -0.187. The molecular formula is C11H21NO2S. The van der Waals surface area contributed by atoms with Crippen LogP contribution in [0.4, 0.5) is 0 Å². The number of carbonyl (C=O) groups is 1. The molecule has 0 aromatic carbocycles. The van der Waals surface area contributed by atoms with Crippen molar-refractivity contribution in [3.63, 3.8) is 0 Å². The van der Waals surface area contributed by atoms with E-state index in [9.17, 15) is 4.79 Å². The SMILES string of the molecule is CC1(C)CN(C(=O)CCS)CC(C)(C)O1. The Hall–Kier alpha value is -0.220. The van der Waals surface area contributed by atoms with Crippen LogP contribution in [0.2, 0.25) is 0 Å². The van der Waals surface area contributed by atoms with Crippen molar-refractivity contribution in [2.24, 2.45) is 0 Å². The van der Waals surface area contributed by atoms with Gasteiger partial charge in [-0.15, -0.1) is 0 Å². The first-order chi connectivity index (χ1) is 6.76. The smallest absolute Gasteiger partial charge is 0.223 e. The maximum atomic E-state index is 11.8. The van der Waals surface area contributed by atoms with Crippen LogP contribution in [0.15, 0.2) is 0 Å². The molecule has 0 aromatic rings. The first-order valence-electron chi connectivity index (χ1n) is 5.35. The number of hydrogen-bond acceptors (Lipinski definition) is 3. The van der Waals surface area contributed by atoms with E-state index in [1.54, 1.807) is 0 Å². The highest BCUT2D eigenvalue weighted by Gasteiger charge is 2.39. The van der Waals surface area contributed by atoms with Gasteiger partial charge in [-0.05, 0) is 33.4 Å². The highest BCUT2D eigenvalue weighted by atomic mass is 32.1. The van der Waals surface area contributed by atoms with Crippen molar-refractivity contribution in [3.05, 3.63) is 0 Å². The summed E-state index contributed by atoms with van der Waals surface area (Å²) < 4.78 is 5.91. The molecule has 0 atom stereocenters. The Balaban J connectivity index is 2.71. The number of nitrogens with zero attached hydrogens (tertiary/aromatic N) is 1. The van der Waals surface area contributed by atoms with Crippen molar-refractivity contribution in [2.45, 2.75) is 45.3 Å². The van der Waals surface area contributed by atoms with Gasteiger partial charge in [0.15, 0.2) is 0 Å². The monoisotopic (exact) mass is 231 g/mol. The van der Waals surface area contributed by atoms with Crippen molar-refractivity contribution < 1.29 is 9.53 Å². The zero-order valence-electron chi connectivity index (χ0n) is 10.0. The molecule has 1 aliphatic heterocycles. The van der Waals surface area contributed by atoms with E-state index in [1.807, 2.05) is 32.6 Å². The van der Waals surface area contributed by atoms with Gasteiger partial charge in [0.05, 0.1) is 11.2 Å². The van der Waals surface area contributed by atoms with E-state index in [0.29, 0.717) is 25.3 Å². The summed E-state index contributed by atoms with van der Waals surface area (Å²) in [5, 5.41) is 0. The lowest BCUT2D eigenvalue weighted by Gasteiger charge is -2.47. The van der Waals surface area contributed by atoms with Gasteiger partial charge in [0.2, 0.25) is 5.91 Å². The number of amides is 1. The third-order valence-corrected chi connectivity index (χ3v) is 2.60. The van der Waals surface area contributed by atoms with Gasteiger partial charge < -0.3 is 9.64 Å². The van der Waals surface area contributed by atoms with Crippen molar-refractivity contribution in [1.82, 2.24) is 4.90 Å². The molecule has 1 heterocycles. The second kappa shape index (κ2) is 4.34. The first-order valence-corrected chi connectivity index (χ1v) is 5.98. The summed E-state index contributed by atoms with van der Waals surface area (Å²) in [6, 6.07) is 0. The fraction of sp³-hybridized carbons (Fsp3) is 0.909. The van der Waals surface area contributed by atoms with Gasteiger partial charge in [0.1, 0.15) is 0 Å². The zero-order chi connectivity index (χ0) is 11.7. The van der Waals surface area contributed by atoms with E-state index in [-0.39, 0.29) is 17.1 Å². The summed E-state index contributed by atoms with van der Waals surface area (Å²) in [7, 11) is 0. The Morgan fingerprint density at radius 1 is 1.27 bits per heavy atom. The van der Waals surface area contributed by atoms with Crippen LogP contribution < -0.4 is 0 Å². The van der Waals surface area contributed by atoms with Crippen LogP contribution in [0.5, 0.6) is 0 Å². The predicted octanol–water partition coefficient (Wildman–Crippen LogP) is 1.72. The second-order valence-corrected chi connectivity index (χ2v) is 5.79. The maximum absolute atomic E-state index is 11.8. The third-order valence-electron chi connectivity index (χ3n) is 2.37. The van der Waals surface area contributed by atoms with E-state index in [0.717, 1.165) is 0 Å². The first kappa shape index (κ1) is 12.8. The molecule has 4 heteroatoms. The summed E-state index contributed by atoms with van der Waals surface area (Å²) in [5.74, 6) is 0.784. The normalized spacial score (nSPS) is 23.9. The van der Waals surface area contributed by atoms with Crippen LogP contribution in [0, 0.1) is 0 Å². The molecule has 0 aromatic heterocycles. The molecular weight excluding hydrogens is 210 g/mol. The van der Waals surface area contributed by atoms with Crippen LogP contribution >= 0.6 is 12.6 Å². The second-order valence-electron chi connectivity index (χ2n) is 5.34. The van der Waals surface area contributed by atoms with Crippen molar-refractivity contribution in [3.8, 4) is 0 Å². The van der Waals surface area contributed by atoms with Crippen LogP contribution in [0.25, 0.3) is 0 Å². The molecule has 0 bridgehead atoms. The summed E-state index contributed by atoms with van der Waals surface area (Å²) in [4.78, 5) is 13.7. The molecule has 1 amide bonds. The molecule has 3 nitrogen and oxygen atoms in total. The number of morpholine rings is 1. The molecule has 1 rings (SSSR count). The van der Waals surface area contributed by atoms with Gasteiger partial charge in [-0.3, -0.25) is 4.79 Å². The molecule has 0 saturated carbocycles.